The lowest BCUT2D eigenvalue weighted by molar-refractivity contribution is -0.137. The summed E-state index contributed by atoms with van der Waals surface area (Å²) in [6.45, 7) is 5.93. The van der Waals surface area contributed by atoms with E-state index in [1.54, 1.807) is 18.5 Å². The monoisotopic (exact) mass is 478 g/mol. The number of nitrogens with zero attached hydrogens (tertiary/aromatic N) is 7. The summed E-state index contributed by atoms with van der Waals surface area (Å²) >= 11 is 0. The third-order valence-corrected chi connectivity index (χ3v) is 5.38. The Bertz CT molecular complexity index is 1480. The van der Waals surface area contributed by atoms with E-state index in [4.69, 9.17) is 4.98 Å². The van der Waals surface area contributed by atoms with Gasteiger partial charge in [0.2, 0.25) is 5.95 Å². The molecule has 2 aromatic carbocycles. The van der Waals surface area contributed by atoms with E-state index in [1.807, 2.05) is 43.5 Å². The molecule has 0 fully saturated rings. The zero-order valence-corrected chi connectivity index (χ0v) is 19.1. The predicted molar refractivity (Wildman–Crippen MR) is 125 cm³/mol. The van der Waals surface area contributed by atoms with Gasteiger partial charge in [0, 0.05) is 29.2 Å². The molecule has 8 nitrogen and oxygen atoms in total. The fraction of sp³-hybridized carbons (Fsp3) is 0.208. The molecule has 3 aromatic heterocycles. The summed E-state index contributed by atoms with van der Waals surface area (Å²) < 4.78 is 44.4. The Morgan fingerprint density at radius 1 is 0.943 bits per heavy atom. The Morgan fingerprint density at radius 2 is 1.71 bits per heavy atom. The quantitative estimate of drug-likeness (QED) is 0.362. The Kier molecular flexibility index (Phi) is 5.27. The van der Waals surface area contributed by atoms with E-state index in [2.05, 4.69) is 25.4 Å². The summed E-state index contributed by atoms with van der Waals surface area (Å²) in [7, 11) is 0. The standard InChI is InChI=1S/C24H21F3N8/c1-23(2,3)35-20-8-6-16(32-22-29-9-4-10-30-22)12-18(20)33-21(35)17-11-15(24(25,26)27)5-7-19(17)34-14-28-13-31-34/h4-14H,1-3H3,(H,29,30,32). The Hall–Kier alpha value is -4.28. The van der Waals surface area contributed by atoms with E-state index in [0.717, 1.165) is 17.6 Å². The van der Waals surface area contributed by atoms with Crippen LogP contribution >= 0.6 is 0 Å². The lowest BCUT2D eigenvalue weighted by Crippen LogP contribution is -2.23. The highest BCUT2D eigenvalue weighted by atomic mass is 19.4. The summed E-state index contributed by atoms with van der Waals surface area (Å²) in [6.07, 6.45) is 1.51. The highest BCUT2D eigenvalue weighted by Gasteiger charge is 2.33. The first-order valence-electron chi connectivity index (χ1n) is 10.7. The van der Waals surface area contributed by atoms with Gasteiger partial charge in [-0.1, -0.05) is 0 Å². The lowest BCUT2D eigenvalue weighted by Gasteiger charge is -2.25. The van der Waals surface area contributed by atoms with Crippen LogP contribution in [0.4, 0.5) is 24.8 Å². The third kappa shape index (κ3) is 4.32. The molecule has 0 unspecified atom stereocenters. The number of imidazole rings is 1. The molecule has 5 rings (SSSR count). The highest BCUT2D eigenvalue weighted by Crippen LogP contribution is 2.38. The molecule has 5 aromatic rings. The molecule has 178 valence electrons. The van der Waals surface area contributed by atoms with Crippen molar-refractivity contribution in [3.63, 3.8) is 0 Å². The largest absolute Gasteiger partial charge is 0.416 e. The Labute approximate surface area is 198 Å². The van der Waals surface area contributed by atoms with Gasteiger partial charge in [-0.15, -0.1) is 0 Å². The number of aromatic nitrogens is 7. The molecule has 0 aliphatic carbocycles. The molecule has 0 bridgehead atoms. The van der Waals surface area contributed by atoms with Crippen LogP contribution in [0, 0.1) is 0 Å². The summed E-state index contributed by atoms with van der Waals surface area (Å²) in [6, 6.07) is 10.8. The van der Waals surface area contributed by atoms with E-state index in [1.165, 1.54) is 23.4 Å². The van der Waals surface area contributed by atoms with Gasteiger partial charge in [0.1, 0.15) is 18.5 Å². The van der Waals surface area contributed by atoms with Crippen LogP contribution in [0.2, 0.25) is 0 Å². The molecule has 0 saturated carbocycles. The number of nitrogens with one attached hydrogen (secondary N) is 1. The maximum absolute atomic E-state index is 13.7. The SMILES string of the molecule is CC(C)(C)n1c(-c2cc(C(F)(F)F)ccc2-n2cncn2)nc2cc(Nc3ncccn3)ccc21. The lowest BCUT2D eigenvalue weighted by atomic mass is 10.0. The molecule has 35 heavy (non-hydrogen) atoms. The van der Waals surface area contributed by atoms with Gasteiger partial charge >= 0.3 is 6.18 Å². The van der Waals surface area contributed by atoms with Crippen LogP contribution in [-0.2, 0) is 11.7 Å². The van der Waals surface area contributed by atoms with Crippen LogP contribution < -0.4 is 5.32 Å². The van der Waals surface area contributed by atoms with Crippen molar-refractivity contribution < 1.29 is 13.2 Å². The van der Waals surface area contributed by atoms with Gasteiger partial charge in [-0.3, -0.25) is 0 Å². The van der Waals surface area contributed by atoms with Crippen molar-refractivity contribution in [2.75, 3.05) is 5.32 Å². The molecular formula is C24H21F3N8. The van der Waals surface area contributed by atoms with Crippen molar-refractivity contribution in [2.45, 2.75) is 32.5 Å². The minimum Gasteiger partial charge on any atom is -0.324 e. The topological polar surface area (TPSA) is 86.3 Å². The zero-order valence-electron chi connectivity index (χ0n) is 19.1. The van der Waals surface area contributed by atoms with E-state index in [9.17, 15) is 13.2 Å². The van der Waals surface area contributed by atoms with Crippen molar-refractivity contribution in [2.24, 2.45) is 0 Å². The maximum atomic E-state index is 13.7. The number of benzene rings is 2. The molecule has 0 saturated heterocycles. The fourth-order valence-electron chi connectivity index (χ4n) is 3.93. The van der Waals surface area contributed by atoms with Crippen molar-refractivity contribution in [3.05, 3.63) is 73.1 Å². The zero-order chi connectivity index (χ0) is 24.8. The van der Waals surface area contributed by atoms with Crippen molar-refractivity contribution in [1.29, 1.82) is 0 Å². The van der Waals surface area contributed by atoms with Crippen LogP contribution in [0.1, 0.15) is 26.3 Å². The van der Waals surface area contributed by atoms with E-state index in [0.29, 0.717) is 28.7 Å². The second kappa shape index (κ2) is 8.19. The number of halogens is 3. The van der Waals surface area contributed by atoms with E-state index >= 15 is 0 Å². The minimum atomic E-state index is -4.51. The molecular weight excluding hydrogens is 457 g/mol. The van der Waals surface area contributed by atoms with Crippen LogP contribution in [0.25, 0.3) is 28.1 Å². The Morgan fingerprint density at radius 3 is 2.37 bits per heavy atom. The van der Waals surface area contributed by atoms with E-state index < -0.39 is 17.3 Å². The van der Waals surface area contributed by atoms with Crippen LogP contribution in [0.15, 0.2) is 67.5 Å². The molecule has 0 atom stereocenters. The molecule has 1 N–H and O–H groups in total. The molecule has 0 aliphatic rings. The normalized spacial score (nSPS) is 12.3. The maximum Gasteiger partial charge on any atom is 0.416 e. The molecule has 3 heterocycles. The fourth-order valence-corrected chi connectivity index (χ4v) is 3.93. The second-order valence-electron chi connectivity index (χ2n) is 8.91. The molecule has 11 heteroatoms. The van der Waals surface area contributed by atoms with Crippen LogP contribution in [-0.4, -0.2) is 34.3 Å². The van der Waals surface area contributed by atoms with Crippen molar-refractivity contribution in [1.82, 2.24) is 34.3 Å². The predicted octanol–water partition coefficient (Wildman–Crippen LogP) is 5.59. The first kappa shape index (κ1) is 22.5. The molecule has 0 amide bonds. The first-order chi connectivity index (χ1) is 16.6. The molecule has 0 radical (unpaired) electrons. The van der Waals surface area contributed by atoms with Gasteiger partial charge < -0.3 is 9.88 Å². The van der Waals surface area contributed by atoms with Gasteiger partial charge in [0.25, 0.3) is 0 Å². The summed E-state index contributed by atoms with van der Waals surface area (Å²) in [4.78, 5) is 17.1. The van der Waals surface area contributed by atoms with Crippen molar-refractivity contribution >= 4 is 22.7 Å². The van der Waals surface area contributed by atoms with Crippen LogP contribution in [0.5, 0.6) is 0 Å². The Balaban J connectivity index is 1.74. The number of rotatable bonds is 4. The number of hydrogen-bond donors (Lipinski definition) is 1. The van der Waals surface area contributed by atoms with E-state index in [-0.39, 0.29) is 5.56 Å². The second-order valence-corrected chi connectivity index (χ2v) is 8.91. The van der Waals surface area contributed by atoms with Gasteiger partial charge in [-0.25, -0.2) is 24.6 Å². The highest BCUT2D eigenvalue weighted by molar-refractivity contribution is 5.86. The first-order valence-corrected chi connectivity index (χ1v) is 10.7. The van der Waals surface area contributed by atoms with Gasteiger partial charge in [-0.2, -0.15) is 18.3 Å². The number of anilines is 2. The molecule has 0 spiro atoms. The average molecular weight is 478 g/mol. The number of alkyl halides is 3. The smallest absolute Gasteiger partial charge is 0.324 e. The molecule has 0 aliphatic heterocycles. The minimum absolute atomic E-state index is 0.289. The van der Waals surface area contributed by atoms with Gasteiger partial charge in [0.15, 0.2) is 0 Å². The summed E-state index contributed by atoms with van der Waals surface area (Å²) in [5.41, 5.74) is 1.55. The number of fused-ring (bicyclic) bond motifs is 1. The third-order valence-electron chi connectivity index (χ3n) is 5.38. The van der Waals surface area contributed by atoms with Gasteiger partial charge in [-0.05, 0) is 63.2 Å². The summed E-state index contributed by atoms with van der Waals surface area (Å²) in [5.74, 6) is 0.811. The number of hydrogen-bond acceptors (Lipinski definition) is 6. The average Bonchev–Trinajstić information content (AvgIpc) is 3.46. The van der Waals surface area contributed by atoms with Gasteiger partial charge in [0.05, 0.1) is 22.3 Å². The van der Waals surface area contributed by atoms with Crippen molar-refractivity contribution in [3.8, 4) is 17.1 Å². The van der Waals surface area contributed by atoms with Crippen LogP contribution in [0.3, 0.4) is 0 Å². The summed E-state index contributed by atoms with van der Waals surface area (Å²) in [5, 5.41) is 7.26.